The molecule has 1 amide bonds. The van der Waals surface area contributed by atoms with Crippen molar-refractivity contribution in [2.75, 3.05) is 5.32 Å². The summed E-state index contributed by atoms with van der Waals surface area (Å²) in [5, 5.41) is 6.04. The summed E-state index contributed by atoms with van der Waals surface area (Å²) < 4.78 is 28.2. The lowest BCUT2D eigenvalue weighted by Gasteiger charge is -2.08. The van der Waals surface area contributed by atoms with E-state index in [1.165, 1.54) is 18.2 Å². The molecule has 0 aliphatic rings. The molecule has 0 saturated carbocycles. The van der Waals surface area contributed by atoms with Gasteiger partial charge in [0.1, 0.15) is 23.0 Å². The number of carbonyl (C=O) groups is 1. The van der Waals surface area contributed by atoms with Crippen LogP contribution in [0.5, 0.6) is 0 Å². The molecule has 1 aromatic heterocycles. The molecule has 0 aliphatic heterocycles. The Morgan fingerprint density at radius 2 is 1.91 bits per heavy atom. The first-order chi connectivity index (χ1) is 10.5. The number of rotatable bonds is 5. The highest BCUT2D eigenvalue weighted by atomic mass is 19.1. The number of amides is 1. The molecule has 116 valence electrons. The van der Waals surface area contributed by atoms with E-state index >= 15 is 0 Å². The van der Waals surface area contributed by atoms with Crippen LogP contribution in [0.15, 0.2) is 35.1 Å². The van der Waals surface area contributed by atoms with E-state index in [-0.39, 0.29) is 11.3 Å². The smallest absolute Gasteiger partial charge is 0.276 e. The molecule has 1 heterocycles. The Bertz CT molecular complexity index is 724. The summed E-state index contributed by atoms with van der Waals surface area (Å²) in [5.74, 6) is -2.55. The van der Waals surface area contributed by atoms with Crippen molar-refractivity contribution in [3.63, 3.8) is 0 Å². The summed E-state index contributed by atoms with van der Waals surface area (Å²) in [4.78, 5) is 23.6. The maximum absolute atomic E-state index is 13.5. The lowest BCUT2D eigenvalue weighted by atomic mass is 10.2. The number of unbranched alkanes of at least 4 members (excludes halogenated alkanes) is 1. The number of halogens is 2. The lowest BCUT2D eigenvalue weighted by molar-refractivity contribution is 0.101. The van der Waals surface area contributed by atoms with Gasteiger partial charge in [-0.1, -0.05) is 19.4 Å². The number of hydrogen-bond donors (Lipinski definition) is 1. The molecule has 0 unspecified atom stereocenters. The molecule has 0 atom stereocenters. The minimum atomic E-state index is -0.882. The SMILES string of the molecule is CCCCn1nc(C(=O)Nc2c(F)cccc2F)ccc1=O. The van der Waals surface area contributed by atoms with Gasteiger partial charge in [0, 0.05) is 12.6 Å². The van der Waals surface area contributed by atoms with Crippen LogP contribution in [0.3, 0.4) is 0 Å². The van der Waals surface area contributed by atoms with E-state index in [2.05, 4.69) is 10.4 Å². The fourth-order valence-corrected chi connectivity index (χ4v) is 1.83. The summed E-state index contributed by atoms with van der Waals surface area (Å²) >= 11 is 0. The second-order valence-corrected chi connectivity index (χ2v) is 4.68. The summed E-state index contributed by atoms with van der Waals surface area (Å²) in [7, 11) is 0. The zero-order valence-corrected chi connectivity index (χ0v) is 12.0. The average Bonchev–Trinajstić information content (AvgIpc) is 2.50. The van der Waals surface area contributed by atoms with Crippen molar-refractivity contribution in [2.45, 2.75) is 26.3 Å². The third kappa shape index (κ3) is 3.55. The molecule has 2 aromatic rings. The molecule has 7 heteroatoms. The molecule has 0 saturated heterocycles. The molecule has 22 heavy (non-hydrogen) atoms. The first-order valence-electron chi connectivity index (χ1n) is 6.86. The number of hydrogen-bond acceptors (Lipinski definition) is 3. The maximum Gasteiger partial charge on any atom is 0.276 e. The molecule has 5 nitrogen and oxygen atoms in total. The Labute approximate surface area is 125 Å². The van der Waals surface area contributed by atoms with Crippen molar-refractivity contribution >= 4 is 11.6 Å². The average molecular weight is 307 g/mol. The van der Waals surface area contributed by atoms with Crippen LogP contribution >= 0.6 is 0 Å². The molecule has 0 fully saturated rings. The molecule has 1 N–H and O–H groups in total. The summed E-state index contributed by atoms with van der Waals surface area (Å²) in [6.07, 6.45) is 1.60. The number of carbonyl (C=O) groups excluding carboxylic acids is 1. The third-order valence-electron chi connectivity index (χ3n) is 3.02. The first kappa shape index (κ1) is 15.8. The van der Waals surface area contributed by atoms with Gasteiger partial charge in [-0.15, -0.1) is 0 Å². The second-order valence-electron chi connectivity index (χ2n) is 4.68. The summed E-state index contributed by atoms with van der Waals surface area (Å²) in [5.41, 5.74) is -0.957. The zero-order chi connectivity index (χ0) is 16.1. The first-order valence-corrected chi connectivity index (χ1v) is 6.86. The van der Waals surface area contributed by atoms with Gasteiger partial charge in [-0.3, -0.25) is 9.59 Å². The highest BCUT2D eigenvalue weighted by Crippen LogP contribution is 2.18. The quantitative estimate of drug-likeness (QED) is 0.923. The van der Waals surface area contributed by atoms with Crippen molar-refractivity contribution < 1.29 is 13.6 Å². The van der Waals surface area contributed by atoms with E-state index < -0.39 is 23.2 Å². The van der Waals surface area contributed by atoms with Crippen molar-refractivity contribution in [1.29, 1.82) is 0 Å². The van der Waals surface area contributed by atoms with Gasteiger partial charge in [-0.05, 0) is 24.6 Å². The fourth-order valence-electron chi connectivity index (χ4n) is 1.83. The Kier molecular flexibility index (Phi) is 4.98. The van der Waals surface area contributed by atoms with Crippen LogP contribution in [0.25, 0.3) is 0 Å². The van der Waals surface area contributed by atoms with Gasteiger partial charge in [-0.2, -0.15) is 5.10 Å². The molecular weight excluding hydrogens is 292 g/mol. The normalized spacial score (nSPS) is 10.5. The Morgan fingerprint density at radius 3 is 2.55 bits per heavy atom. The molecule has 2 rings (SSSR count). The van der Waals surface area contributed by atoms with Crippen molar-refractivity contribution in [2.24, 2.45) is 0 Å². The molecule has 1 aromatic carbocycles. The van der Waals surface area contributed by atoms with Crippen LogP contribution in [0.2, 0.25) is 0 Å². The number of nitrogens with zero attached hydrogens (tertiary/aromatic N) is 2. The summed E-state index contributed by atoms with van der Waals surface area (Å²) in [6, 6.07) is 5.69. The molecule has 0 radical (unpaired) electrons. The van der Waals surface area contributed by atoms with Crippen LogP contribution in [0.1, 0.15) is 30.3 Å². The molecular formula is C15H15F2N3O2. The molecule has 0 bridgehead atoms. The van der Waals surface area contributed by atoms with Gasteiger partial charge < -0.3 is 5.32 Å². The molecule has 0 aliphatic carbocycles. The van der Waals surface area contributed by atoms with Gasteiger partial charge in [0.2, 0.25) is 0 Å². The van der Waals surface area contributed by atoms with Crippen LogP contribution in [0.4, 0.5) is 14.5 Å². The summed E-state index contributed by atoms with van der Waals surface area (Å²) in [6.45, 7) is 2.34. The predicted molar refractivity (Wildman–Crippen MR) is 77.7 cm³/mol. The Hall–Kier alpha value is -2.57. The number of aromatic nitrogens is 2. The van der Waals surface area contributed by atoms with Crippen LogP contribution < -0.4 is 10.9 Å². The van der Waals surface area contributed by atoms with Crippen LogP contribution in [0, 0.1) is 11.6 Å². The lowest BCUT2D eigenvalue weighted by Crippen LogP contribution is -2.26. The number of anilines is 1. The Balaban J connectivity index is 2.24. The van der Waals surface area contributed by atoms with Crippen molar-refractivity contribution in [3.8, 4) is 0 Å². The highest BCUT2D eigenvalue weighted by molar-refractivity contribution is 6.02. The predicted octanol–water partition coefficient (Wildman–Crippen LogP) is 2.57. The van der Waals surface area contributed by atoms with Gasteiger partial charge in [0.25, 0.3) is 11.5 Å². The van der Waals surface area contributed by atoms with E-state index in [9.17, 15) is 18.4 Å². The van der Waals surface area contributed by atoms with E-state index in [0.29, 0.717) is 6.54 Å². The minimum absolute atomic E-state index is 0.0849. The van der Waals surface area contributed by atoms with E-state index in [1.54, 1.807) is 0 Å². The fraction of sp³-hybridized carbons (Fsp3) is 0.267. The second kappa shape index (κ2) is 6.93. The van der Waals surface area contributed by atoms with E-state index in [0.717, 1.165) is 29.7 Å². The third-order valence-corrected chi connectivity index (χ3v) is 3.02. The van der Waals surface area contributed by atoms with Crippen LogP contribution in [-0.2, 0) is 6.54 Å². The van der Waals surface area contributed by atoms with Crippen LogP contribution in [-0.4, -0.2) is 15.7 Å². The monoisotopic (exact) mass is 307 g/mol. The number of aryl methyl sites for hydroxylation is 1. The molecule has 0 spiro atoms. The number of benzene rings is 1. The van der Waals surface area contributed by atoms with E-state index in [1.807, 2.05) is 6.92 Å². The zero-order valence-electron chi connectivity index (χ0n) is 12.0. The van der Waals surface area contributed by atoms with Gasteiger partial charge in [0.15, 0.2) is 0 Å². The largest absolute Gasteiger partial charge is 0.316 e. The van der Waals surface area contributed by atoms with Gasteiger partial charge >= 0.3 is 0 Å². The standard InChI is InChI=1S/C15H15F2N3O2/c1-2-3-9-20-13(21)8-7-12(19-20)15(22)18-14-10(16)5-4-6-11(14)17/h4-8H,2-3,9H2,1H3,(H,18,22). The minimum Gasteiger partial charge on any atom is -0.316 e. The Morgan fingerprint density at radius 1 is 1.23 bits per heavy atom. The van der Waals surface area contributed by atoms with Gasteiger partial charge in [0.05, 0.1) is 0 Å². The van der Waals surface area contributed by atoms with Crippen molar-refractivity contribution in [1.82, 2.24) is 9.78 Å². The number of para-hydroxylation sites is 1. The van der Waals surface area contributed by atoms with E-state index in [4.69, 9.17) is 0 Å². The number of nitrogens with one attached hydrogen (secondary N) is 1. The highest BCUT2D eigenvalue weighted by Gasteiger charge is 2.15. The van der Waals surface area contributed by atoms with Crippen molar-refractivity contribution in [3.05, 3.63) is 58.0 Å². The maximum atomic E-state index is 13.5. The van der Waals surface area contributed by atoms with Gasteiger partial charge in [-0.25, -0.2) is 13.5 Å². The topological polar surface area (TPSA) is 64.0 Å².